The van der Waals surface area contributed by atoms with Crippen molar-refractivity contribution in [2.24, 2.45) is 0 Å². The predicted molar refractivity (Wildman–Crippen MR) is 65.5 cm³/mol. The van der Waals surface area contributed by atoms with Crippen molar-refractivity contribution in [2.75, 3.05) is 0 Å². The van der Waals surface area contributed by atoms with Crippen LogP contribution in [0.5, 0.6) is 0 Å². The molecule has 2 rings (SSSR count). The monoisotopic (exact) mass is 204 g/mol. The summed E-state index contributed by atoms with van der Waals surface area (Å²) >= 11 is 0. The summed E-state index contributed by atoms with van der Waals surface area (Å²) in [6.07, 6.45) is 5.88. The molecular weight excluding hydrogens is 184 g/mol. The molecule has 2 heteroatoms. The molecule has 2 nitrogen and oxygen atoms in total. The van der Waals surface area contributed by atoms with Crippen molar-refractivity contribution >= 4 is 6.08 Å². The van der Waals surface area contributed by atoms with E-state index in [9.17, 15) is 0 Å². The lowest BCUT2D eigenvalue weighted by molar-refractivity contribution is 0.784. The van der Waals surface area contributed by atoms with E-state index in [1.807, 2.05) is 32.3 Å². The molecule has 1 aromatic rings. The summed E-state index contributed by atoms with van der Waals surface area (Å²) in [6.45, 7) is 9.34. The summed E-state index contributed by atoms with van der Waals surface area (Å²) in [5.74, 6) is 0.574. The summed E-state index contributed by atoms with van der Waals surface area (Å²) in [5.41, 5.74) is 3.87. The Morgan fingerprint density at radius 3 is 2.73 bits per heavy atom. The van der Waals surface area contributed by atoms with Crippen LogP contribution in [0.25, 0.3) is 6.08 Å². The Balaban J connectivity index is 0.000000531. The highest BCUT2D eigenvalue weighted by atomic mass is 14.9. The zero-order valence-corrected chi connectivity index (χ0v) is 10.0. The Kier molecular flexibility index (Phi) is 4.35. The highest BCUT2D eigenvalue weighted by Gasteiger charge is 2.11. The molecule has 1 N–H and O–H groups in total. The molecule has 2 heterocycles. The van der Waals surface area contributed by atoms with Crippen LogP contribution < -0.4 is 5.32 Å². The SMILES string of the molecule is CC.CC(C)c1ccnc2c1CNC=C2. The van der Waals surface area contributed by atoms with Crippen LogP contribution in [-0.2, 0) is 6.54 Å². The number of fused-ring (bicyclic) bond motifs is 1. The molecule has 0 aliphatic carbocycles. The van der Waals surface area contributed by atoms with E-state index < -0.39 is 0 Å². The number of nitrogens with one attached hydrogen (secondary N) is 1. The highest BCUT2D eigenvalue weighted by Crippen LogP contribution is 2.23. The molecule has 15 heavy (non-hydrogen) atoms. The molecule has 0 spiro atoms. The first-order valence-electron chi connectivity index (χ1n) is 5.66. The number of rotatable bonds is 1. The van der Waals surface area contributed by atoms with Crippen molar-refractivity contribution in [3.8, 4) is 0 Å². The van der Waals surface area contributed by atoms with Gasteiger partial charge in [-0.15, -0.1) is 0 Å². The average molecular weight is 204 g/mol. The molecule has 1 aliphatic rings. The Morgan fingerprint density at radius 2 is 2.07 bits per heavy atom. The number of hydrogen-bond donors (Lipinski definition) is 1. The van der Waals surface area contributed by atoms with E-state index in [-0.39, 0.29) is 0 Å². The largest absolute Gasteiger partial charge is 0.387 e. The van der Waals surface area contributed by atoms with Gasteiger partial charge in [0.15, 0.2) is 0 Å². The van der Waals surface area contributed by atoms with E-state index in [4.69, 9.17) is 0 Å². The van der Waals surface area contributed by atoms with E-state index in [1.165, 1.54) is 11.1 Å². The van der Waals surface area contributed by atoms with Crippen LogP contribution in [0.3, 0.4) is 0 Å². The lowest BCUT2D eigenvalue weighted by Crippen LogP contribution is -2.14. The van der Waals surface area contributed by atoms with Crippen molar-refractivity contribution in [3.05, 3.63) is 35.3 Å². The molecule has 0 fully saturated rings. The summed E-state index contributed by atoms with van der Waals surface area (Å²) in [4.78, 5) is 4.34. The third kappa shape index (κ3) is 2.58. The molecule has 0 unspecified atom stereocenters. The fourth-order valence-corrected chi connectivity index (χ4v) is 1.70. The lowest BCUT2D eigenvalue weighted by Gasteiger charge is -2.17. The molecule has 0 radical (unpaired) electrons. The zero-order chi connectivity index (χ0) is 11.3. The number of nitrogens with zero attached hydrogens (tertiary/aromatic N) is 1. The summed E-state index contributed by atoms with van der Waals surface area (Å²) < 4.78 is 0. The van der Waals surface area contributed by atoms with Crippen molar-refractivity contribution in [1.29, 1.82) is 0 Å². The number of hydrogen-bond acceptors (Lipinski definition) is 2. The predicted octanol–water partition coefficient (Wildman–Crippen LogP) is 3.31. The van der Waals surface area contributed by atoms with Gasteiger partial charge in [-0.05, 0) is 29.8 Å². The normalized spacial score (nSPS) is 12.6. The van der Waals surface area contributed by atoms with Gasteiger partial charge in [0.1, 0.15) is 0 Å². The maximum atomic E-state index is 4.34. The van der Waals surface area contributed by atoms with Crippen LogP contribution in [0.2, 0.25) is 0 Å². The minimum Gasteiger partial charge on any atom is -0.387 e. The Hall–Kier alpha value is -1.31. The second kappa shape index (κ2) is 5.54. The van der Waals surface area contributed by atoms with E-state index in [1.54, 1.807) is 0 Å². The van der Waals surface area contributed by atoms with Crippen LogP contribution >= 0.6 is 0 Å². The minimum absolute atomic E-state index is 0.574. The average Bonchev–Trinajstić information content (AvgIpc) is 2.31. The molecule has 0 saturated carbocycles. The summed E-state index contributed by atoms with van der Waals surface area (Å²) in [7, 11) is 0. The Labute approximate surface area is 92.4 Å². The third-order valence-corrected chi connectivity index (χ3v) is 2.39. The smallest absolute Gasteiger partial charge is 0.0696 e. The van der Waals surface area contributed by atoms with Gasteiger partial charge in [0, 0.05) is 18.3 Å². The van der Waals surface area contributed by atoms with Crippen molar-refractivity contribution < 1.29 is 0 Å². The van der Waals surface area contributed by atoms with Gasteiger partial charge in [-0.1, -0.05) is 27.7 Å². The Morgan fingerprint density at radius 1 is 1.33 bits per heavy atom. The van der Waals surface area contributed by atoms with Gasteiger partial charge in [-0.3, -0.25) is 4.98 Å². The van der Waals surface area contributed by atoms with Gasteiger partial charge in [0.2, 0.25) is 0 Å². The zero-order valence-electron chi connectivity index (χ0n) is 10.0. The van der Waals surface area contributed by atoms with Crippen LogP contribution in [0.4, 0.5) is 0 Å². The number of aromatic nitrogens is 1. The van der Waals surface area contributed by atoms with Crippen molar-refractivity contribution in [1.82, 2.24) is 10.3 Å². The van der Waals surface area contributed by atoms with E-state index in [2.05, 4.69) is 30.2 Å². The first kappa shape index (κ1) is 11.8. The first-order chi connectivity index (χ1) is 7.29. The minimum atomic E-state index is 0.574. The second-order valence-corrected chi connectivity index (χ2v) is 3.63. The van der Waals surface area contributed by atoms with Gasteiger partial charge in [-0.25, -0.2) is 0 Å². The van der Waals surface area contributed by atoms with Gasteiger partial charge < -0.3 is 5.32 Å². The first-order valence-corrected chi connectivity index (χ1v) is 5.66. The van der Waals surface area contributed by atoms with Gasteiger partial charge in [-0.2, -0.15) is 0 Å². The highest BCUT2D eigenvalue weighted by molar-refractivity contribution is 5.54. The maximum absolute atomic E-state index is 4.34. The van der Waals surface area contributed by atoms with Crippen LogP contribution in [-0.4, -0.2) is 4.98 Å². The molecule has 0 amide bonds. The summed E-state index contributed by atoms with van der Waals surface area (Å²) in [5, 5.41) is 3.22. The quantitative estimate of drug-likeness (QED) is 0.759. The second-order valence-electron chi connectivity index (χ2n) is 3.63. The molecule has 0 bridgehead atoms. The van der Waals surface area contributed by atoms with Crippen LogP contribution in [0.15, 0.2) is 18.5 Å². The molecule has 0 saturated heterocycles. The van der Waals surface area contributed by atoms with Crippen molar-refractivity contribution in [3.63, 3.8) is 0 Å². The van der Waals surface area contributed by atoms with E-state index >= 15 is 0 Å². The fraction of sp³-hybridized carbons (Fsp3) is 0.462. The fourth-order valence-electron chi connectivity index (χ4n) is 1.70. The molecular formula is C13H20N2. The van der Waals surface area contributed by atoms with E-state index in [0.29, 0.717) is 5.92 Å². The van der Waals surface area contributed by atoms with E-state index in [0.717, 1.165) is 12.2 Å². The maximum Gasteiger partial charge on any atom is 0.0696 e. The lowest BCUT2D eigenvalue weighted by atomic mass is 9.96. The molecule has 0 aromatic carbocycles. The summed E-state index contributed by atoms with van der Waals surface area (Å²) in [6, 6.07) is 2.12. The molecule has 0 atom stereocenters. The third-order valence-electron chi connectivity index (χ3n) is 2.39. The van der Waals surface area contributed by atoms with Gasteiger partial charge in [0.05, 0.1) is 5.69 Å². The standard InChI is InChI=1S/C11H14N2.C2H6/c1-8(2)9-3-6-13-11-4-5-12-7-10(9)11;1-2/h3-6,8,12H,7H2,1-2H3;1-2H3. The number of pyridine rings is 1. The van der Waals surface area contributed by atoms with Crippen molar-refractivity contribution in [2.45, 2.75) is 40.2 Å². The Bertz CT molecular complexity index is 340. The van der Waals surface area contributed by atoms with Crippen LogP contribution in [0.1, 0.15) is 50.4 Å². The molecule has 1 aliphatic heterocycles. The van der Waals surface area contributed by atoms with Gasteiger partial charge >= 0.3 is 0 Å². The molecule has 1 aromatic heterocycles. The molecule has 82 valence electrons. The van der Waals surface area contributed by atoms with Crippen LogP contribution in [0, 0.1) is 0 Å². The topological polar surface area (TPSA) is 24.9 Å². The van der Waals surface area contributed by atoms with Gasteiger partial charge in [0.25, 0.3) is 0 Å².